The maximum atomic E-state index is 13.6. The first-order valence-electron chi connectivity index (χ1n) is 11.3. The molecule has 35 heavy (non-hydrogen) atoms. The molecule has 1 heterocycles. The molecule has 1 amide bonds. The minimum absolute atomic E-state index is 0.0568. The third-order valence-corrected chi connectivity index (χ3v) is 6.33. The number of carboxylic acid groups (broad SMARTS) is 1. The van der Waals surface area contributed by atoms with Crippen LogP contribution in [0.5, 0.6) is 11.5 Å². The summed E-state index contributed by atoms with van der Waals surface area (Å²) >= 11 is 6.51. The van der Waals surface area contributed by atoms with Crippen molar-refractivity contribution >= 4 is 39.9 Å². The van der Waals surface area contributed by atoms with E-state index >= 15 is 0 Å². The van der Waals surface area contributed by atoms with E-state index in [2.05, 4.69) is 0 Å². The van der Waals surface area contributed by atoms with Gasteiger partial charge in [-0.15, -0.1) is 0 Å². The highest BCUT2D eigenvalue weighted by molar-refractivity contribution is 6.34. The van der Waals surface area contributed by atoms with Crippen LogP contribution in [0.2, 0.25) is 5.02 Å². The summed E-state index contributed by atoms with van der Waals surface area (Å²) in [5.41, 5.74) is 1.30. The van der Waals surface area contributed by atoms with E-state index in [-0.39, 0.29) is 28.4 Å². The van der Waals surface area contributed by atoms with Crippen molar-refractivity contribution in [1.29, 1.82) is 0 Å². The van der Waals surface area contributed by atoms with Gasteiger partial charge in [0.2, 0.25) is 0 Å². The molecule has 0 spiro atoms. The zero-order valence-electron chi connectivity index (χ0n) is 19.2. The van der Waals surface area contributed by atoms with Crippen LogP contribution < -0.4 is 14.4 Å². The molecule has 1 unspecified atom stereocenters. The van der Waals surface area contributed by atoms with Crippen molar-refractivity contribution in [1.82, 2.24) is 0 Å². The number of fused-ring (bicyclic) bond motifs is 2. The molecule has 6 nitrogen and oxygen atoms in total. The van der Waals surface area contributed by atoms with Gasteiger partial charge in [0.05, 0.1) is 35.3 Å². The average molecular weight is 504 g/mol. The maximum absolute atomic E-state index is 13.6. The maximum Gasteiger partial charge on any atom is 0.387 e. The molecule has 1 N–H and O–H groups in total. The molecule has 1 aliphatic heterocycles. The number of halogens is 3. The van der Waals surface area contributed by atoms with E-state index in [1.54, 1.807) is 43.3 Å². The van der Waals surface area contributed by atoms with Gasteiger partial charge in [-0.2, -0.15) is 8.78 Å². The molecule has 0 radical (unpaired) electrons. The molecule has 3 aromatic carbocycles. The lowest BCUT2D eigenvalue weighted by Crippen LogP contribution is -2.24. The van der Waals surface area contributed by atoms with Crippen LogP contribution in [0.4, 0.5) is 14.5 Å². The van der Waals surface area contributed by atoms with Gasteiger partial charge in [0, 0.05) is 16.3 Å². The van der Waals surface area contributed by atoms with Crippen LogP contribution in [-0.2, 0) is 11.3 Å². The topological polar surface area (TPSA) is 76.1 Å². The van der Waals surface area contributed by atoms with Crippen molar-refractivity contribution in [3.63, 3.8) is 0 Å². The highest BCUT2D eigenvalue weighted by atomic mass is 35.5. The predicted octanol–water partition coefficient (Wildman–Crippen LogP) is 6.62. The first-order valence-corrected chi connectivity index (χ1v) is 11.7. The van der Waals surface area contributed by atoms with Crippen molar-refractivity contribution in [2.45, 2.75) is 45.8 Å². The van der Waals surface area contributed by atoms with E-state index in [0.29, 0.717) is 47.2 Å². The number of carbonyl (C=O) groups is 2. The minimum atomic E-state index is -3.08. The van der Waals surface area contributed by atoms with Crippen molar-refractivity contribution in [3.05, 3.63) is 64.2 Å². The van der Waals surface area contributed by atoms with Crippen molar-refractivity contribution in [2.24, 2.45) is 0 Å². The average Bonchev–Trinajstić information content (AvgIpc) is 3.15. The number of ether oxygens (including phenoxy) is 2. The van der Waals surface area contributed by atoms with Gasteiger partial charge < -0.3 is 19.5 Å². The molecule has 0 saturated carbocycles. The SMILES string of the molecule is CCCOc1c2c(c(OC(F)F)c3ccccc13)CN(c1ccc(C(CC)C(=O)O)cc1Cl)C2=O. The molecule has 9 heteroatoms. The van der Waals surface area contributed by atoms with E-state index < -0.39 is 24.4 Å². The van der Waals surface area contributed by atoms with Crippen molar-refractivity contribution in [3.8, 4) is 11.5 Å². The van der Waals surface area contributed by atoms with Gasteiger partial charge in [0.25, 0.3) is 5.91 Å². The van der Waals surface area contributed by atoms with Crippen LogP contribution in [-0.4, -0.2) is 30.2 Å². The third kappa shape index (κ3) is 4.50. The Morgan fingerprint density at radius 3 is 2.40 bits per heavy atom. The van der Waals surface area contributed by atoms with Crippen LogP contribution in [0, 0.1) is 0 Å². The quantitative estimate of drug-likeness (QED) is 0.355. The monoisotopic (exact) mass is 503 g/mol. The zero-order valence-corrected chi connectivity index (χ0v) is 19.9. The summed E-state index contributed by atoms with van der Waals surface area (Å²) in [7, 11) is 0. The number of hydrogen-bond donors (Lipinski definition) is 1. The Kier molecular flexibility index (Phi) is 7.12. The number of anilines is 1. The molecule has 1 atom stereocenters. The number of carbonyl (C=O) groups excluding carboxylic acids is 1. The fraction of sp³-hybridized carbons (Fsp3) is 0.308. The summed E-state index contributed by atoms with van der Waals surface area (Å²) in [5, 5.41) is 10.6. The molecule has 184 valence electrons. The van der Waals surface area contributed by atoms with Crippen LogP contribution in [0.3, 0.4) is 0 Å². The predicted molar refractivity (Wildman–Crippen MR) is 129 cm³/mol. The second-order valence-corrected chi connectivity index (χ2v) is 8.59. The number of amides is 1. The van der Waals surface area contributed by atoms with Gasteiger partial charge in [-0.3, -0.25) is 9.59 Å². The Morgan fingerprint density at radius 2 is 1.83 bits per heavy atom. The lowest BCUT2D eigenvalue weighted by atomic mass is 9.96. The standard InChI is InChI=1S/C26H24ClF2NO5/c1-3-11-34-23-17-8-6-5-7-16(17)22(35-26(28)29)18-13-30(24(31)21(18)23)20-10-9-14(12-19(20)27)15(4-2)25(32)33/h5-10,12,15,26H,3-4,11,13H2,1-2H3,(H,32,33). The summed E-state index contributed by atoms with van der Waals surface area (Å²) in [4.78, 5) is 26.6. The second kappa shape index (κ2) is 10.1. The Balaban J connectivity index is 1.86. The van der Waals surface area contributed by atoms with Crippen LogP contribution in [0.25, 0.3) is 10.8 Å². The van der Waals surface area contributed by atoms with Gasteiger partial charge in [-0.25, -0.2) is 0 Å². The fourth-order valence-corrected chi connectivity index (χ4v) is 4.74. The number of aliphatic carboxylic acids is 1. The van der Waals surface area contributed by atoms with E-state index in [4.69, 9.17) is 21.1 Å². The Hall–Kier alpha value is -3.39. The van der Waals surface area contributed by atoms with Gasteiger partial charge in [0.15, 0.2) is 0 Å². The van der Waals surface area contributed by atoms with Crippen LogP contribution >= 0.6 is 11.6 Å². The van der Waals surface area contributed by atoms with Gasteiger partial charge >= 0.3 is 12.6 Å². The molecule has 0 aromatic heterocycles. The first-order chi connectivity index (χ1) is 16.8. The summed E-state index contributed by atoms with van der Waals surface area (Å²) in [6, 6.07) is 11.5. The normalized spacial score (nSPS) is 13.9. The largest absolute Gasteiger partial charge is 0.492 e. The molecular weight excluding hydrogens is 480 g/mol. The number of benzene rings is 3. The number of nitrogens with zero attached hydrogens (tertiary/aromatic N) is 1. The fourth-order valence-electron chi connectivity index (χ4n) is 4.45. The zero-order chi connectivity index (χ0) is 25.3. The Morgan fingerprint density at radius 1 is 1.14 bits per heavy atom. The van der Waals surface area contributed by atoms with E-state index in [1.807, 2.05) is 6.92 Å². The van der Waals surface area contributed by atoms with E-state index in [0.717, 1.165) is 0 Å². The van der Waals surface area contributed by atoms with E-state index in [1.165, 1.54) is 11.0 Å². The minimum Gasteiger partial charge on any atom is -0.492 e. The lowest BCUT2D eigenvalue weighted by Gasteiger charge is -2.19. The first kappa shape index (κ1) is 24.7. The molecule has 1 aliphatic rings. The van der Waals surface area contributed by atoms with Crippen molar-refractivity contribution in [2.75, 3.05) is 11.5 Å². The summed E-state index contributed by atoms with van der Waals surface area (Å²) in [6.45, 7) is 0.876. The summed E-state index contributed by atoms with van der Waals surface area (Å²) in [5.74, 6) is -1.93. The molecule has 4 rings (SSSR count). The Bertz CT molecular complexity index is 1300. The van der Waals surface area contributed by atoms with Gasteiger partial charge in [0.1, 0.15) is 11.5 Å². The smallest absolute Gasteiger partial charge is 0.387 e. The second-order valence-electron chi connectivity index (χ2n) is 8.19. The highest BCUT2D eigenvalue weighted by Crippen LogP contribution is 2.47. The van der Waals surface area contributed by atoms with Crippen LogP contribution in [0.1, 0.15) is 54.1 Å². The molecule has 0 aliphatic carbocycles. The molecule has 0 fully saturated rings. The number of alkyl halides is 2. The lowest BCUT2D eigenvalue weighted by molar-refractivity contribution is -0.138. The van der Waals surface area contributed by atoms with Crippen molar-refractivity contribution < 1.29 is 33.0 Å². The molecule has 3 aromatic rings. The van der Waals surface area contributed by atoms with Gasteiger partial charge in [-0.1, -0.05) is 55.8 Å². The molecule has 0 saturated heterocycles. The number of carboxylic acids is 1. The highest BCUT2D eigenvalue weighted by Gasteiger charge is 2.38. The molecule has 0 bridgehead atoms. The third-order valence-electron chi connectivity index (χ3n) is 6.02. The molecular formula is C26H24ClF2NO5. The van der Waals surface area contributed by atoms with E-state index in [9.17, 15) is 23.5 Å². The Labute approximate surface area is 206 Å². The number of rotatable bonds is 9. The van der Waals surface area contributed by atoms with Gasteiger partial charge in [-0.05, 0) is 30.5 Å². The summed E-state index contributed by atoms with van der Waals surface area (Å²) in [6.07, 6.45) is 1.06. The van der Waals surface area contributed by atoms with Crippen LogP contribution in [0.15, 0.2) is 42.5 Å². The number of hydrogen-bond acceptors (Lipinski definition) is 4. The summed E-state index contributed by atoms with van der Waals surface area (Å²) < 4.78 is 37.7.